The highest BCUT2D eigenvalue weighted by Crippen LogP contribution is 2.31. The molecule has 0 unspecified atom stereocenters. The average Bonchev–Trinajstić information content (AvgIpc) is 2.46. The molecule has 0 fully saturated rings. The van der Waals surface area contributed by atoms with Gasteiger partial charge in [0.25, 0.3) is 0 Å². The van der Waals surface area contributed by atoms with Gasteiger partial charge in [-0.15, -0.1) is 0 Å². The zero-order chi connectivity index (χ0) is 13.0. The van der Waals surface area contributed by atoms with Gasteiger partial charge >= 0.3 is 0 Å². The molecule has 3 nitrogen and oxygen atoms in total. The van der Waals surface area contributed by atoms with Crippen LogP contribution in [-0.2, 0) is 0 Å². The van der Waals surface area contributed by atoms with Crippen LogP contribution in [0, 0.1) is 0 Å². The van der Waals surface area contributed by atoms with E-state index in [9.17, 15) is 0 Å². The van der Waals surface area contributed by atoms with Gasteiger partial charge in [0.1, 0.15) is 11.5 Å². The standard InChI is InChI=1S/C15H17NO2/c1-17-12-8-9-14(18-2)13(10-12)15(16)11-6-4-3-5-7-11/h3-10,15H,16H2,1-2H3/t15-/m0/s1. The van der Waals surface area contributed by atoms with E-state index in [2.05, 4.69) is 0 Å². The summed E-state index contributed by atoms with van der Waals surface area (Å²) in [6.07, 6.45) is 0. The van der Waals surface area contributed by atoms with E-state index in [1.807, 2.05) is 48.5 Å². The monoisotopic (exact) mass is 243 g/mol. The van der Waals surface area contributed by atoms with Crippen LogP contribution >= 0.6 is 0 Å². The molecule has 1 atom stereocenters. The van der Waals surface area contributed by atoms with Crippen molar-refractivity contribution in [1.82, 2.24) is 0 Å². The van der Waals surface area contributed by atoms with Gasteiger partial charge in [0.15, 0.2) is 0 Å². The van der Waals surface area contributed by atoms with Crippen molar-refractivity contribution in [1.29, 1.82) is 0 Å². The molecule has 0 saturated heterocycles. The molecule has 0 aliphatic carbocycles. The Morgan fingerprint density at radius 1 is 0.944 bits per heavy atom. The molecule has 2 rings (SSSR count). The van der Waals surface area contributed by atoms with Gasteiger partial charge in [0, 0.05) is 5.56 Å². The lowest BCUT2D eigenvalue weighted by Gasteiger charge is -2.17. The second-order valence-electron chi connectivity index (χ2n) is 4.00. The summed E-state index contributed by atoms with van der Waals surface area (Å²) in [6, 6.07) is 15.3. The van der Waals surface area contributed by atoms with E-state index in [-0.39, 0.29) is 6.04 Å². The molecule has 0 saturated carbocycles. The van der Waals surface area contributed by atoms with Crippen LogP contribution in [0.4, 0.5) is 0 Å². The highest BCUT2D eigenvalue weighted by atomic mass is 16.5. The molecule has 0 aliphatic rings. The van der Waals surface area contributed by atoms with E-state index < -0.39 is 0 Å². The molecule has 2 N–H and O–H groups in total. The maximum absolute atomic E-state index is 6.28. The van der Waals surface area contributed by atoms with Crippen molar-refractivity contribution in [3.8, 4) is 11.5 Å². The molecular weight excluding hydrogens is 226 g/mol. The molecule has 0 amide bonds. The lowest BCUT2D eigenvalue weighted by Crippen LogP contribution is -2.13. The summed E-state index contributed by atoms with van der Waals surface area (Å²) < 4.78 is 10.6. The molecule has 0 heterocycles. The Morgan fingerprint density at radius 2 is 1.67 bits per heavy atom. The van der Waals surface area contributed by atoms with Crippen LogP contribution in [0.1, 0.15) is 17.2 Å². The fraction of sp³-hybridized carbons (Fsp3) is 0.200. The van der Waals surface area contributed by atoms with Gasteiger partial charge in [-0.1, -0.05) is 30.3 Å². The van der Waals surface area contributed by atoms with Crippen LogP contribution in [0.3, 0.4) is 0 Å². The van der Waals surface area contributed by atoms with E-state index in [1.54, 1.807) is 14.2 Å². The molecule has 0 aromatic heterocycles. The highest BCUT2D eigenvalue weighted by Gasteiger charge is 2.14. The number of methoxy groups -OCH3 is 2. The molecule has 0 bridgehead atoms. The van der Waals surface area contributed by atoms with Gasteiger partial charge in [-0.2, -0.15) is 0 Å². The molecule has 0 radical (unpaired) electrons. The number of ether oxygens (including phenoxy) is 2. The molecule has 0 aliphatic heterocycles. The van der Waals surface area contributed by atoms with Crippen LogP contribution in [0.2, 0.25) is 0 Å². The fourth-order valence-electron chi connectivity index (χ4n) is 1.92. The molecule has 3 heteroatoms. The quantitative estimate of drug-likeness (QED) is 0.898. The Balaban J connectivity index is 2.42. The van der Waals surface area contributed by atoms with Crippen molar-refractivity contribution in [2.24, 2.45) is 5.73 Å². The normalized spacial score (nSPS) is 11.9. The molecule has 94 valence electrons. The highest BCUT2D eigenvalue weighted by molar-refractivity contribution is 5.45. The van der Waals surface area contributed by atoms with E-state index >= 15 is 0 Å². The predicted molar refractivity (Wildman–Crippen MR) is 72.0 cm³/mol. The van der Waals surface area contributed by atoms with E-state index in [4.69, 9.17) is 15.2 Å². The lowest BCUT2D eigenvalue weighted by molar-refractivity contribution is 0.397. The zero-order valence-electron chi connectivity index (χ0n) is 10.6. The van der Waals surface area contributed by atoms with Gasteiger partial charge < -0.3 is 15.2 Å². The summed E-state index contributed by atoms with van der Waals surface area (Å²) >= 11 is 0. The van der Waals surface area contributed by atoms with Crippen molar-refractivity contribution in [3.05, 3.63) is 59.7 Å². The number of hydrogen-bond donors (Lipinski definition) is 1. The first kappa shape index (κ1) is 12.5. The first-order valence-electron chi connectivity index (χ1n) is 5.78. The third kappa shape index (κ3) is 2.46. The van der Waals surface area contributed by atoms with Crippen molar-refractivity contribution >= 4 is 0 Å². The maximum atomic E-state index is 6.28. The molecule has 2 aromatic rings. The first-order chi connectivity index (χ1) is 8.76. The second kappa shape index (κ2) is 5.56. The third-order valence-electron chi connectivity index (χ3n) is 2.93. The Labute approximate surface area is 107 Å². The van der Waals surface area contributed by atoms with Gasteiger partial charge in [-0.3, -0.25) is 0 Å². The fourth-order valence-corrected chi connectivity index (χ4v) is 1.92. The predicted octanol–water partition coefficient (Wildman–Crippen LogP) is 2.75. The zero-order valence-corrected chi connectivity index (χ0v) is 10.6. The second-order valence-corrected chi connectivity index (χ2v) is 4.00. The van der Waals surface area contributed by atoms with E-state index in [0.717, 1.165) is 22.6 Å². The Kier molecular flexibility index (Phi) is 3.85. The van der Waals surface area contributed by atoms with Crippen LogP contribution in [0.25, 0.3) is 0 Å². The van der Waals surface area contributed by atoms with E-state index in [0.29, 0.717) is 0 Å². The molecule has 2 aromatic carbocycles. The summed E-state index contributed by atoms with van der Waals surface area (Å²) in [5.74, 6) is 1.55. The van der Waals surface area contributed by atoms with E-state index in [1.165, 1.54) is 0 Å². The molecule has 18 heavy (non-hydrogen) atoms. The molecular formula is C15H17NO2. The number of benzene rings is 2. The smallest absolute Gasteiger partial charge is 0.124 e. The number of nitrogens with two attached hydrogens (primary N) is 1. The first-order valence-corrected chi connectivity index (χ1v) is 5.78. The van der Waals surface area contributed by atoms with Crippen LogP contribution < -0.4 is 15.2 Å². The summed E-state index contributed by atoms with van der Waals surface area (Å²) in [6.45, 7) is 0. The van der Waals surface area contributed by atoms with Crippen molar-refractivity contribution < 1.29 is 9.47 Å². The van der Waals surface area contributed by atoms with Crippen molar-refractivity contribution in [3.63, 3.8) is 0 Å². The number of hydrogen-bond acceptors (Lipinski definition) is 3. The summed E-state index contributed by atoms with van der Waals surface area (Å²) in [7, 11) is 3.28. The lowest BCUT2D eigenvalue weighted by atomic mass is 9.98. The van der Waals surface area contributed by atoms with Crippen molar-refractivity contribution in [2.75, 3.05) is 14.2 Å². The third-order valence-corrected chi connectivity index (χ3v) is 2.93. The van der Waals surface area contributed by atoms with Crippen LogP contribution in [0.15, 0.2) is 48.5 Å². The minimum absolute atomic E-state index is 0.226. The summed E-state index contributed by atoms with van der Waals surface area (Å²) in [5.41, 5.74) is 8.25. The van der Waals surface area contributed by atoms with Crippen LogP contribution in [0.5, 0.6) is 11.5 Å². The van der Waals surface area contributed by atoms with Crippen molar-refractivity contribution in [2.45, 2.75) is 6.04 Å². The van der Waals surface area contributed by atoms with Gasteiger partial charge in [0.05, 0.1) is 20.3 Å². The maximum Gasteiger partial charge on any atom is 0.124 e. The largest absolute Gasteiger partial charge is 0.497 e. The SMILES string of the molecule is COc1ccc(OC)c([C@@H](N)c2ccccc2)c1. The minimum Gasteiger partial charge on any atom is -0.497 e. The van der Waals surface area contributed by atoms with Crippen LogP contribution in [-0.4, -0.2) is 14.2 Å². The number of rotatable bonds is 4. The average molecular weight is 243 g/mol. The van der Waals surface area contributed by atoms with Gasteiger partial charge in [-0.25, -0.2) is 0 Å². The Bertz CT molecular complexity index is 511. The topological polar surface area (TPSA) is 44.5 Å². The Hall–Kier alpha value is -2.00. The van der Waals surface area contributed by atoms with Gasteiger partial charge in [-0.05, 0) is 23.8 Å². The summed E-state index contributed by atoms with van der Waals surface area (Å²) in [4.78, 5) is 0. The minimum atomic E-state index is -0.226. The molecule has 0 spiro atoms. The van der Waals surface area contributed by atoms with Gasteiger partial charge in [0.2, 0.25) is 0 Å². The Morgan fingerprint density at radius 3 is 2.28 bits per heavy atom. The summed E-state index contributed by atoms with van der Waals surface area (Å²) in [5, 5.41) is 0.